The molecule has 30 heavy (non-hydrogen) atoms. The maximum atomic E-state index is 14.2. The Balaban J connectivity index is 1.36. The zero-order chi connectivity index (χ0) is 21.1. The van der Waals surface area contributed by atoms with Crippen molar-refractivity contribution in [3.05, 3.63) is 77.4 Å². The fourth-order valence-corrected chi connectivity index (χ4v) is 4.19. The molecule has 7 heteroatoms. The minimum atomic E-state index is -0.616. The number of hydrogen-bond donors (Lipinski definition) is 1. The van der Waals surface area contributed by atoms with Gasteiger partial charge in [0, 0.05) is 48.3 Å². The van der Waals surface area contributed by atoms with Crippen LogP contribution in [0.4, 0.5) is 8.78 Å². The summed E-state index contributed by atoms with van der Waals surface area (Å²) in [6.45, 7) is 7.04. The standard InChI is InChI=1S/C23H27F2N5/c1-16(21-14-27-30(17(21)2)23-6-5-19(24)12-22(23)25)28-20-7-10-29(11-8-20)15-18-4-3-9-26-13-18/h3-6,9,12-14,16,20,28H,7-8,10-11,15H2,1-2H3. The van der Waals surface area contributed by atoms with Crippen molar-refractivity contribution < 1.29 is 8.78 Å². The van der Waals surface area contributed by atoms with E-state index in [0.29, 0.717) is 6.04 Å². The third-order valence-electron chi connectivity index (χ3n) is 5.85. The number of hydrogen-bond acceptors (Lipinski definition) is 4. The minimum absolute atomic E-state index is 0.0946. The van der Waals surface area contributed by atoms with Crippen LogP contribution in [0.2, 0.25) is 0 Å². The third kappa shape index (κ3) is 4.57. The molecule has 3 aromatic rings. The zero-order valence-corrected chi connectivity index (χ0v) is 17.4. The maximum absolute atomic E-state index is 14.2. The van der Waals surface area contributed by atoms with Crippen LogP contribution in [0.3, 0.4) is 0 Å². The van der Waals surface area contributed by atoms with Gasteiger partial charge in [0.15, 0.2) is 5.82 Å². The first-order valence-electron chi connectivity index (χ1n) is 10.4. The second-order valence-electron chi connectivity index (χ2n) is 7.99. The minimum Gasteiger partial charge on any atom is -0.307 e. The number of nitrogens with one attached hydrogen (secondary N) is 1. The highest BCUT2D eigenvalue weighted by molar-refractivity contribution is 5.37. The van der Waals surface area contributed by atoms with E-state index >= 15 is 0 Å². The molecule has 1 atom stereocenters. The van der Waals surface area contributed by atoms with Gasteiger partial charge in [-0.2, -0.15) is 5.10 Å². The topological polar surface area (TPSA) is 46.0 Å². The molecule has 1 saturated heterocycles. The third-order valence-corrected chi connectivity index (χ3v) is 5.85. The Kier molecular flexibility index (Phi) is 6.20. The molecule has 2 aromatic heterocycles. The van der Waals surface area contributed by atoms with Gasteiger partial charge in [0.25, 0.3) is 0 Å². The highest BCUT2D eigenvalue weighted by atomic mass is 19.1. The molecule has 1 aromatic carbocycles. The molecule has 0 amide bonds. The fraction of sp³-hybridized carbons (Fsp3) is 0.391. The number of aromatic nitrogens is 3. The summed E-state index contributed by atoms with van der Waals surface area (Å²) in [5, 5.41) is 8.05. The number of pyridine rings is 1. The van der Waals surface area contributed by atoms with Gasteiger partial charge >= 0.3 is 0 Å². The Hall–Kier alpha value is -2.64. The van der Waals surface area contributed by atoms with Gasteiger partial charge in [-0.25, -0.2) is 13.5 Å². The quantitative estimate of drug-likeness (QED) is 0.661. The number of piperidine rings is 1. The SMILES string of the molecule is Cc1c(C(C)NC2CCN(Cc3cccnc3)CC2)cnn1-c1ccc(F)cc1F. The van der Waals surface area contributed by atoms with Crippen LogP contribution in [0.1, 0.15) is 42.6 Å². The molecule has 1 unspecified atom stereocenters. The number of nitrogens with zero attached hydrogens (tertiary/aromatic N) is 4. The van der Waals surface area contributed by atoms with Crippen LogP contribution in [-0.2, 0) is 6.54 Å². The van der Waals surface area contributed by atoms with Gasteiger partial charge in [-0.05, 0) is 63.5 Å². The normalized spacial score (nSPS) is 16.7. The van der Waals surface area contributed by atoms with Crippen LogP contribution in [0.25, 0.3) is 5.69 Å². The summed E-state index contributed by atoms with van der Waals surface area (Å²) in [5.74, 6) is -1.21. The molecule has 0 bridgehead atoms. The molecule has 5 nitrogen and oxygen atoms in total. The molecule has 158 valence electrons. The van der Waals surface area contributed by atoms with Gasteiger partial charge in [0.2, 0.25) is 0 Å². The Labute approximate surface area is 175 Å². The predicted molar refractivity (Wildman–Crippen MR) is 112 cm³/mol. The van der Waals surface area contributed by atoms with Crippen molar-refractivity contribution in [1.29, 1.82) is 0 Å². The number of benzene rings is 1. The Morgan fingerprint density at radius 3 is 2.67 bits per heavy atom. The summed E-state index contributed by atoms with van der Waals surface area (Å²) in [4.78, 5) is 6.65. The van der Waals surface area contributed by atoms with E-state index in [4.69, 9.17) is 0 Å². The molecule has 1 aliphatic heterocycles. The lowest BCUT2D eigenvalue weighted by atomic mass is 10.0. The van der Waals surface area contributed by atoms with E-state index in [0.717, 1.165) is 49.8 Å². The van der Waals surface area contributed by atoms with Crippen molar-refractivity contribution in [3.8, 4) is 5.69 Å². The lowest BCUT2D eigenvalue weighted by Crippen LogP contribution is -2.43. The number of halogens is 2. The molecule has 0 saturated carbocycles. The van der Waals surface area contributed by atoms with Crippen molar-refractivity contribution in [2.45, 2.75) is 45.3 Å². The van der Waals surface area contributed by atoms with Gasteiger partial charge in [-0.3, -0.25) is 9.88 Å². The van der Waals surface area contributed by atoms with Crippen molar-refractivity contribution in [2.75, 3.05) is 13.1 Å². The van der Waals surface area contributed by atoms with E-state index in [-0.39, 0.29) is 11.7 Å². The molecule has 0 spiro atoms. The monoisotopic (exact) mass is 411 g/mol. The predicted octanol–water partition coefficient (Wildman–Crippen LogP) is 4.17. The summed E-state index contributed by atoms with van der Waals surface area (Å²) < 4.78 is 28.9. The van der Waals surface area contributed by atoms with Gasteiger partial charge in [0.05, 0.1) is 6.20 Å². The van der Waals surface area contributed by atoms with E-state index in [2.05, 4.69) is 33.3 Å². The van der Waals surface area contributed by atoms with Crippen LogP contribution in [0, 0.1) is 18.6 Å². The summed E-state index contributed by atoms with van der Waals surface area (Å²) >= 11 is 0. The van der Waals surface area contributed by atoms with Crippen LogP contribution in [-0.4, -0.2) is 38.8 Å². The lowest BCUT2D eigenvalue weighted by Gasteiger charge is -2.34. The molecule has 0 aliphatic carbocycles. The van der Waals surface area contributed by atoms with Gasteiger partial charge in [0.1, 0.15) is 11.5 Å². The smallest absolute Gasteiger partial charge is 0.151 e. The van der Waals surface area contributed by atoms with Gasteiger partial charge in [-0.15, -0.1) is 0 Å². The molecule has 3 heterocycles. The van der Waals surface area contributed by atoms with E-state index < -0.39 is 11.6 Å². The highest BCUT2D eigenvalue weighted by Crippen LogP contribution is 2.24. The Morgan fingerprint density at radius 2 is 1.97 bits per heavy atom. The Bertz CT molecular complexity index is 981. The largest absolute Gasteiger partial charge is 0.307 e. The van der Waals surface area contributed by atoms with Crippen molar-refractivity contribution in [2.24, 2.45) is 0 Å². The van der Waals surface area contributed by atoms with Gasteiger partial charge in [-0.1, -0.05) is 6.07 Å². The maximum Gasteiger partial charge on any atom is 0.151 e. The van der Waals surface area contributed by atoms with Crippen LogP contribution in [0.15, 0.2) is 48.9 Å². The molecule has 4 rings (SSSR count). The first-order chi connectivity index (χ1) is 14.5. The fourth-order valence-electron chi connectivity index (χ4n) is 4.19. The lowest BCUT2D eigenvalue weighted by molar-refractivity contribution is 0.185. The van der Waals surface area contributed by atoms with Gasteiger partial charge < -0.3 is 5.32 Å². The van der Waals surface area contributed by atoms with Crippen molar-refractivity contribution in [3.63, 3.8) is 0 Å². The highest BCUT2D eigenvalue weighted by Gasteiger charge is 2.23. The summed E-state index contributed by atoms with van der Waals surface area (Å²) in [6.07, 6.45) is 7.65. The summed E-state index contributed by atoms with van der Waals surface area (Å²) in [5.41, 5.74) is 3.38. The average molecular weight is 412 g/mol. The molecule has 0 radical (unpaired) electrons. The molecule has 1 N–H and O–H groups in total. The Morgan fingerprint density at radius 1 is 1.17 bits per heavy atom. The van der Waals surface area contributed by atoms with E-state index in [1.807, 2.05) is 19.2 Å². The second-order valence-corrected chi connectivity index (χ2v) is 7.99. The molecule has 1 fully saturated rings. The number of likely N-dealkylation sites (tertiary alicyclic amines) is 1. The second kappa shape index (κ2) is 9.02. The summed E-state index contributed by atoms with van der Waals surface area (Å²) in [7, 11) is 0. The zero-order valence-electron chi connectivity index (χ0n) is 17.4. The first-order valence-corrected chi connectivity index (χ1v) is 10.4. The average Bonchev–Trinajstić information content (AvgIpc) is 3.11. The molecular weight excluding hydrogens is 384 g/mol. The van der Waals surface area contributed by atoms with Crippen LogP contribution in [0.5, 0.6) is 0 Å². The number of rotatable bonds is 6. The summed E-state index contributed by atoms with van der Waals surface area (Å²) in [6, 6.07) is 8.17. The van der Waals surface area contributed by atoms with Crippen LogP contribution >= 0.6 is 0 Å². The first kappa shape index (κ1) is 20.6. The van der Waals surface area contributed by atoms with Crippen molar-refractivity contribution >= 4 is 0 Å². The van der Waals surface area contributed by atoms with Crippen molar-refractivity contribution in [1.82, 2.24) is 25.0 Å². The van der Waals surface area contributed by atoms with E-state index in [1.165, 1.54) is 17.7 Å². The molecular formula is C23H27F2N5. The van der Waals surface area contributed by atoms with E-state index in [9.17, 15) is 8.78 Å². The van der Waals surface area contributed by atoms with E-state index in [1.54, 1.807) is 17.1 Å². The van der Waals surface area contributed by atoms with Crippen LogP contribution < -0.4 is 5.32 Å². The molecule has 1 aliphatic rings.